The van der Waals surface area contributed by atoms with Crippen LogP contribution in [0.5, 0.6) is 0 Å². The van der Waals surface area contributed by atoms with E-state index in [1.165, 1.54) is 20.0 Å². The monoisotopic (exact) mass is 528 g/mol. The fraction of sp³-hybridized carbons (Fsp3) is 0.500. The van der Waals surface area contributed by atoms with Crippen molar-refractivity contribution < 1.29 is 27.8 Å². The zero-order valence-electron chi connectivity index (χ0n) is 21.4. The topological polar surface area (TPSA) is 90.5 Å². The first-order valence-electron chi connectivity index (χ1n) is 13.0. The van der Waals surface area contributed by atoms with E-state index in [1.54, 1.807) is 11.1 Å². The summed E-state index contributed by atoms with van der Waals surface area (Å²) in [6.07, 6.45) is -0.380. The van der Waals surface area contributed by atoms with Crippen molar-refractivity contribution in [3.8, 4) is 11.1 Å². The van der Waals surface area contributed by atoms with Gasteiger partial charge in [0, 0.05) is 43.0 Å². The van der Waals surface area contributed by atoms with Gasteiger partial charge in [0.25, 0.3) is 5.91 Å². The van der Waals surface area contributed by atoms with Crippen molar-refractivity contribution >= 4 is 16.9 Å². The lowest BCUT2D eigenvalue weighted by Crippen LogP contribution is -2.47. The Bertz CT molecular complexity index is 1400. The number of aliphatic hydroxyl groups is 1. The van der Waals surface area contributed by atoms with Gasteiger partial charge in [0.2, 0.25) is 0 Å². The number of hydrogen-bond donors (Lipinski definition) is 3. The largest absolute Gasteiger partial charge is 0.398 e. The summed E-state index contributed by atoms with van der Waals surface area (Å²) in [6.45, 7) is 5.61. The first-order chi connectivity index (χ1) is 18.0. The van der Waals surface area contributed by atoms with Gasteiger partial charge in [0.15, 0.2) is 0 Å². The number of pyridine rings is 1. The lowest BCUT2D eigenvalue weighted by Gasteiger charge is -2.36. The molecule has 38 heavy (non-hydrogen) atoms. The van der Waals surface area contributed by atoms with E-state index in [2.05, 4.69) is 21.4 Å². The quantitative estimate of drug-likeness (QED) is 0.474. The van der Waals surface area contributed by atoms with Gasteiger partial charge in [-0.05, 0) is 73.1 Å². The van der Waals surface area contributed by atoms with Crippen LogP contribution in [0.3, 0.4) is 0 Å². The molecular weight excluding hydrogens is 497 g/mol. The summed E-state index contributed by atoms with van der Waals surface area (Å²) >= 11 is 0. The molecule has 7 nitrogen and oxygen atoms in total. The number of hydrogen-bond acceptors (Lipinski definition) is 5. The Kier molecular flexibility index (Phi) is 5.86. The van der Waals surface area contributed by atoms with Gasteiger partial charge >= 0.3 is 6.18 Å². The molecule has 1 aromatic carbocycles. The normalized spacial score (nSPS) is 21.4. The molecule has 0 unspecified atom stereocenters. The highest BCUT2D eigenvalue weighted by Crippen LogP contribution is 2.60. The Labute approximate surface area is 218 Å². The molecule has 3 N–H and O–H groups in total. The zero-order valence-corrected chi connectivity index (χ0v) is 21.4. The third-order valence-electron chi connectivity index (χ3n) is 8.16. The molecule has 1 aliphatic carbocycles. The number of rotatable bonds is 4. The van der Waals surface area contributed by atoms with Crippen LogP contribution in [-0.4, -0.2) is 64.0 Å². The summed E-state index contributed by atoms with van der Waals surface area (Å²) in [7, 11) is 0. The maximum absolute atomic E-state index is 13.9. The van der Waals surface area contributed by atoms with Crippen LogP contribution in [-0.2, 0) is 27.9 Å². The minimum atomic E-state index is -4.31. The van der Waals surface area contributed by atoms with Gasteiger partial charge in [0.1, 0.15) is 11.2 Å². The Morgan fingerprint density at radius 3 is 2.66 bits per heavy atom. The first-order valence-corrected chi connectivity index (χ1v) is 13.0. The summed E-state index contributed by atoms with van der Waals surface area (Å²) < 4.78 is 47.5. The molecule has 1 atom stereocenters. The average Bonchev–Trinajstić information content (AvgIpc) is 3.61. The number of carbonyl (C=O) groups excluding carboxylic acids is 1. The van der Waals surface area contributed by atoms with Crippen molar-refractivity contribution in [3.05, 3.63) is 52.8 Å². The van der Waals surface area contributed by atoms with Crippen LogP contribution in [0.25, 0.3) is 22.2 Å². The van der Waals surface area contributed by atoms with Gasteiger partial charge in [-0.1, -0.05) is 6.07 Å². The fourth-order valence-corrected chi connectivity index (χ4v) is 5.89. The van der Waals surface area contributed by atoms with E-state index < -0.39 is 17.2 Å². The second-order valence-corrected chi connectivity index (χ2v) is 11.2. The number of amides is 1. The molecule has 1 amide bonds. The van der Waals surface area contributed by atoms with Crippen molar-refractivity contribution in [2.75, 3.05) is 26.3 Å². The molecule has 3 aliphatic rings. The van der Waals surface area contributed by atoms with E-state index >= 15 is 0 Å². The van der Waals surface area contributed by atoms with E-state index in [0.717, 1.165) is 27.8 Å². The van der Waals surface area contributed by atoms with Gasteiger partial charge in [-0.3, -0.25) is 4.79 Å². The number of ether oxygens (including phenoxy) is 1. The predicted octanol–water partition coefficient (Wildman–Crippen LogP) is 4.14. The Morgan fingerprint density at radius 1 is 1.21 bits per heavy atom. The number of fused-ring (bicyclic) bond motifs is 2. The van der Waals surface area contributed by atoms with E-state index in [-0.39, 0.29) is 30.4 Å². The maximum atomic E-state index is 13.9. The van der Waals surface area contributed by atoms with E-state index in [1.807, 2.05) is 12.1 Å². The molecular formula is C28H31F3N4O3. The summed E-state index contributed by atoms with van der Waals surface area (Å²) in [5, 5.41) is 14.3. The van der Waals surface area contributed by atoms with Crippen LogP contribution in [0.1, 0.15) is 55.0 Å². The van der Waals surface area contributed by atoms with Gasteiger partial charge in [0.05, 0.1) is 24.7 Å². The maximum Gasteiger partial charge on any atom is 0.398 e. The van der Waals surface area contributed by atoms with Gasteiger partial charge < -0.3 is 25.0 Å². The molecule has 10 heteroatoms. The number of halogens is 3. The molecule has 0 bridgehead atoms. The lowest BCUT2D eigenvalue weighted by atomic mass is 9.86. The smallest absolute Gasteiger partial charge is 0.381 e. The number of carbonyl (C=O) groups is 1. The third kappa shape index (κ3) is 4.19. The van der Waals surface area contributed by atoms with Gasteiger partial charge in [-0.25, -0.2) is 4.98 Å². The molecule has 0 radical (unpaired) electrons. The number of H-pyrrole nitrogens is 1. The second kappa shape index (κ2) is 8.79. The van der Waals surface area contributed by atoms with Crippen LogP contribution in [0.15, 0.2) is 30.6 Å². The Morgan fingerprint density at radius 2 is 2.00 bits per heavy atom. The van der Waals surface area contributed by atoms with Crippen molar-refractivity contribution in [1.29, 1.82) is 0 Å². The van der Waals surface area contributed by atoms with E-state index in [4.69, 9.17) is 4.74 Å². The van der Waals surface area contributed by atoms with Crippen molar-refractivity contribution in [2.24, 2.45) is 0 Å². The molecule has 1 saturated heterocycles. The number of benzene rings is 1. The minimum Gasteiger partial charge on any atom is -0.381 e. The van der Waals surface area contributed by atoms with Crippen molar-refractivity contribution in [1.82, 2.24) is 20.2 Å². The molecule has 0 spiro atoms. The summed E-state index contributed by atoms with van der Waals surface area (Å²) in [6, 6.07) is 5.81. The van der Waals surface area contributed by atoms with Crippen molar-refractivity contribution in [3.63, 3.8) is 0 Å². The molecule has 3 aromatic rings. The first kappa shape index (κ1) is 25.3. The van der Waals surface area contributed by atoms with Crippen LogP contribution < -0.4 is 5.32 Å². The van der Waals surface area contributed by atoms with Crippen molar-refractivity contribution in [2.45, 2.75) is 62.9 Å². The lowest BCUT2D eigenvalue weighted by molar-refractivity contribution is -0.160. The molecule has 202 valence electrons. The molecule has 2 aliphatic heterocycles. The number of aromatic nitrogens is 2. The molecule has 2 fully saturated rings. The standard InChI is InChI=1S/C28H31F3N4O3/c1-26(2,37)25(36)35-7-3-16-9-17(10-19(21(16)14-35)23-15-38-8-6-32-23)18-11-20-22(13-34-24(20)33-12-18)27(4-5-27)28(29,30)31/h9-13,23,32,37H,3-8,14-15H2,1-2H3,(H,33,34)/t23-/m0/s1. The Balaban J connectivity index is 1.43. The molecule has 4 heterocycles. The number of aromatic amines is 1. The molecule has 1 saturated carbocycles. The highest BCUT2D eigenvalue weighted by Gasteiger charge is 2.65. The van der Waals surface area contributed by atoms with E-state index in [9.17, 15) is 23.1 Å². The van der Waals surface area contributed by atoms with Gasteiger partial charge in [-0.2, -0.15) is 13.2 Å². The van der Waals surface area contributed by atoms with Crippen LogP contribution >= 0.6 is 0 Å². The Hall–Kier alpha value is -2.95. The van der Waals surface area contributed by atoms with E-state index in [0.29, 0.717) is 50.3 Å². The molecule has 2 aromatic heterocycles. The fourth-order valence-electron chi connectivity index (χ4n) is 5.89. The number of alkyl halides is 3. The summed E-state index contributed by atoms with van der Waals surface area (Å²) in [5.74, 6) is -0.320. The number of morpholine rings is 1. The highest BCUT2D eigenvalue weighted by molar-refractivity contribution is 5.87. The number of nitrogens with zero attached hydrogens (tertiary/aromatic N) is 2. The average molecular weight is 529 g/mol. The predicted molar refractivity (Wildman–Crippen MR) is 135 cm³/mol. The van der Waals surface area contributed by atoms with Crippen LogP contribution in [0, 0.1) is 0 Å². The SMILES string of the molecule is CC(C)(O)C(=O)N1CCc2cc(-c3cnc4[nH]cc(C5(C(F)(F)F)CC5)c4c3)cc([C@@H]3COCCN3)c2C1. The summed E-state index contributed by atoms with van der Waals surface area (Å²) in [5.41, 5.74) is 2.14. The third-order valence-corrected chi connectivity index (χ3v) is 8.16. The minimum absolute atomic E-state index is 0.0872. The second-order valence-electron chi connectivity index (χ2n) is 11.2. The number of nitrogens with one attached hydrogen (secondary N) is 2. The van der Waals surface area contributed by atoms with Crippen LogP contribution in [0.2, 0.25) is 0 Å². The zero-order chi connectivity index (χ0) is 26.9. The van der Waals surface area contributed by atoms with Crippen LogP contribution in [0.4, 0.5) is 13.2 Å². The van der Waals surface area contributed by atoms with Gasteiger partial charge in [-0.15, -0.1) is 0 Å². The molecule has 6 rings (SSSR count). The summed E-state index contributed by atoms with van der Waals surface area (Å²) in [4.78, 5) is 21.9. The highest BCUT2D eigenvalue weighted by atomic mass is 19.4.